The van der Waals surface area contributed by atoms with E-state index in [4.69, 9.17) is 4.74 Å². The lowest BCUT2D eigenvalue weighted by Gasteiger charge is -2.23. The molecule has 1 aromatic heterocycles. The molecule has 1 unspecified atom stereocenters. The molecule has 3 rings (SSSR count). The molecule has 1 atom stereocenters. The Morgan fingerprint density at radius 3 is 2.37 bits per heavy atom. The van der Waals surface area contributed by atoms with Gasteiger partial charge >= 0.3 is 0 Å². The van der Waals surface area contributed by atoms with Gasteiger partial charge in [-0.05, 0) is 55.3 Å². The predicted molar refractivity (Wildman–Crippen MR) is 115 cm³/mol. The normalized spacial score (nSPS) is 12.7. The molecule has 0 aliphatic carbocycles. The summed E-state index contributed by atoms with van der Waals surface area (Å²) in [5.74, 6) is 1.40. The second kappa shape index (κ2) is 8.62. The molecule has 0 aliphatic rings. The van der Waals surface area contributed by atoms with Gasteiger partial charge in [-0.3, -0.25) is 0 Å². The number of likely N-dealkylation sites (N-methyl/N-ethyl adjacent to an activating group) is 1. The zero-order chi connectivity index (χ0) is 19.4. The molecule has 0 saturated heterocycles. The van der Waals surface area contributed by atoms with Gasteiger partial charge in [0.2, 0.25) is 0 Å². The lowest BCUT2D eigenvalue weighted by atomic mass is 9.97. The van der Waals surface area contributed by atoms with Crippen LogP contribution in [0.25, 0.3) is 10.9 Å². The van der Waals surface area contributed by atoms with Gasteiger partial charge in [0.25, 0.3) is 0 Å². The third kappa shape index (κ3) is 4.03. The first-order valence-corrected chi connectivity index (χ1v) is 10.0. The Morgan fingerprint density at radius 1 is 1.04 bits per heavy atom. The smallest absolute Gasteiger partial charge is 0.119 e. The summed E-state index contributed by atoms with van der Waals surface area (Å²) in [6.45, 7) is 13.3. The Bertz CT molecular complexity index is 878. The zero-order valence-corrected chi connectivity index (χ0v) is 17.3. The molecule has 0 N–H and O–H groups in total. The fourth-order valence-electron chi connectivity index (χ4n) is 4.17. The van der Waals surface area contributed by atoms with E-state index in [1.54, 1.807) is 7.11 Å². The molecule has 3 nitrogen and oxygen atoms in total. The standard InChI is InChI=1S/C24H32N2O/c1-6-25(7-2)16-18(3)24-19(4)26(17-20-11-9-8-10-12-20)23-14-13-21(27-5)15-22(23)24/h8-15,18H,6-7,16-17H2,1-5H3. The molecule has 3 heteroatoms. The quantitative estimate of drug-likeness (QED) is 0.529. The highest BCUT2D eigenvalue weighted by atomic mass is 16.5. The molecule has 0 spiro atoms. The monoisotopic (exact) mass is 364 g/mol. The van der Waals surface area contributed by atoms with E-state index in [0.717, 1.165) is 31.9 Å². The van der Waals surface area contributed by atoms with E-state index < -0.39 is 0 Å². The van der Waals surface area contributed by atoms with Gasteiger partial charge in [-0.1, -0.05) is 51.1 Å². The van der Waals surface area contributed by atoms with E-state index in [0.29, 0.717) is 5.92 Å². The van der Waals surface area contributed by atoms with Crippen LogP contribution < -0.4 is 4.74 Å². The van der Waals surface area contributed by atoms with Crippen LogP contribution >= 0.6 is 0 Å². The summed E-state index contributed by atoms with van der Waals surface area (Å²) in [4.78, 5) is 2.50. The van der Waals surface area contributed by atoms with E-state index in [-0.39, 0.29) is 0 Å². The third-order valence-corrected chi connectivity index (χ3v) is 5.68. The molecule has 0 fully saturated rings. The zero-order valence-electron chi connectivity index (χ0n) is 17.3. The van der Waals surface area contributed by atoms with Crippen LogP contribution in [0.15, 0.2) is 48.5 Å². The molecule has 3 aromatic rings. The van der Waals surface area contributed by atoms with Crippen LogP contribution in [0.2, 0.25) is 0 Å². The molecule has 2 aromatic carbocycles. The van der Waals surface area contributed by atoms with Crippen LogP contribution in [0, 0.1) is 6.92 Å². The lowest BCUT2D eigenvalue weighted by Crippen LogP contribution is -2.27. The van der Waals surface area contributed by atoms with Crippen LogP contribution in [-0.4, -0.2) is 36.2 Å². The van der Waals surface area contributed by atoms with Gasteiger partial charge in [-0.15, -0.1) is 0 Å². The topological polar surface area (TPSA) is 17.4 Å². The molecular formula is C24H32N2O. The predicted octanol–water partition coefficient (Wildman–Crippen LogP) is 5.45. The van der Waals surface area contributed by atoms with Crippen molar-refractivity contribution in [2.45, 2.75) is 40.2 Å². The number of rotatable bonds is 8. The summed E-state index contributed by atoms with van der Waals surface area (Å²) in [6, 6.07) is 17.2. The van der Waals surface area contributed by atoms with E-state index in [1.165, 1.54) is 27.7 Å². The first-order valence-electron chi connectivity index (χ1n) is 10.0. The van der Waals surface area contributed by atoms with Crippen molar-refractivity contribution in [2.24, 2.45) is 0 Å². The highest BCUT2D eigenvalue weighted by Crippen LogP contribution is 2.35. The van der Waals surface area contributed by atoms with Crippen molar-refractivity contribution in [3.05, 3.63) is 65.4 Å². The number of aromatic nitrogens is 1. The van der Waals surface area contributed by atoms with Gasteiger partial charge in [-0.2, -0.15) is 0 Å². The van der Waals surface area contributed by atoms with E-state index in [1.807, 2.05) is 0 Å². The van der Waals surface area contributed by atoms with Crippen molar-refractivity contribution in [2.75, 3.05) is 26.7 Å². The average molecular weight is 365 g/mol. The number of hydrogen-bond donors (Lipinski definition) is 0. The molecule has 0 bridgehead atoms. The molecular weight excluding hydrogens is 332 g/mol. The SMILES string of the molecule is CCN(CC)CC(C)c1c(C)n(Cc2ccccc2)c2ccc(OC)cc12. The minimum absolute atomic E-state index is 0.469. The number of benzene rings is 2. The maximum absolute atomic E-state index is 5.53. The van der Waals surface area contributed by atoms with Gasteiger partial charge in [0.1, 0.15) is 5.75 Å². The molecule has 144 valence electrons. The average Bonchev–Trinajstić information content (AvgIpc) is 2.97. The van der Waals surface area contributed by atoms with Gasteiger partial charge in [0.15, 0.2) is 0 Å². The highest BCUT2D eigenvalue weighted by Gasteiger charge is 2.21. The summed E-state index contributed by atoms with van der Waals surface area (Å²) in [5, 5.41) is 1.32. The molecule has 0 radical (unpaired) electrons. The third-order valence-electron chi connectivity index (χ3n) is 5.68. The summed E-state index contributed by atoms with van der Waals surface area (Å²) in [6.07, 6.45) is 0. The van der Waals surface area contributed by atoms with Crippen LogP contribution in [-0.2, 0) is 6.54 Å². The first kappa shape index (κ1) is 19.5. The molecule has 1 heterocycles. The summed E-state index contributed by atoms with van der Waals surface area (Å²) >= 11 is 0. The second-order valence-electron chi connectivity index (χ2n) is 7.34. The first-order chi connectivity index (χ1) is 13.1. The van der Waals surface area contributed by atoms with Gasteiger partial charge < -0.3 is 14.2 Å². The number of ether oxygens (including phenoxy) is 1. The van der Waals surface area contributed by atoms with Crippen molar-refractivity contribution in [1.29, 1.82) is 0 Å². The maximum Gasteiger partial charge on any atom is 0.119 e. The summed E-state index contributed by atoms with van der Waals surface area (Å²) in [5.41, 5.74) is 5.43. The second-order valence-corrected chi connectivity index (χ2v) is 7.34. The minimum atomic E-state index is 0.469. The highest BCUT2D eigenvalue weighted by molar-refractivity contribution is 5.87. The number of fused-ring (bicyclic) bond motifs is 1. The van der Waals surface area contributed by atoms with Crippen molar-refractivity contribution < 1.29 is 4.74 Å². The van der Waals surface area contributed by atoms with Crippen molar-refractivity contribution in [1.82, 2.24) is 9.47 Å². The molecule has 27 heavy (non-hydrogen) atoms. The Labute approximate surface area is 163 Å². The molecule has 0 amide bonds. The minimum Gasteiger partial charge on any atom is -0.497 e. The van der Waals surface area contributed by atoms with Crippen molar-refractivity contribution in [3.63, 3.8) is 0 Å². The van der Waals surface area contributed by atoms with Crippen LogP contribution in [0.5, 0.6) is 5.75 Å². The van der Waals surface area contributed by atoms with Crippen LogP contribution in [0.1, 0.15) is 43.5 Å². The van der Waals surface area contributed by atoms with E-state index >= 15 is 0 Å². The Morgan fingerprint density at radius 2 is 1.74 bits per heavy atom. The van der Waals surface area contributed by atoms with E-state index in [2.05, 4.69) is 85.7 Å². The fourth-order valence-corrected chi connectivity index (χ4v) is 4.17. The van der Waals surface area contributed by atoms with Crippen LogP contribution in [0.4, 0.5) is 0 Å². The molecule has 0 saturated carbocycles. The summed E-state index contributed by atoms with van der Waals surface area (Å²) in [7, 11) is 1.74. The van der Waals surface area contributed by atoms with Crippen molar-refractivity contribution in [3.8, 4) is 5.75 Å². The van der Waals surface area contributed by atoms with Gasteiger partial charge in [-0.25, -0.2) is 0 Å². The Kier molecular flexibility index (Phi) is 6.22. The fraction of sp³-hybridized carbons (Fsp3) is 0.417. The van der Waals surface area contributed by atoms with Gasteiger partial charge in [0.05, 0.1) is 7.11 Å². The number of hydrogen-bond acceptors (Lipinski definition) is 2. The van der Waals surface area contributed by atoms with Crippen LogP contribution in [0.3, 0.4) is 0 Å². The maximum atomic E-state index is 5.53. The number of methoxy groups -OCH3 is 1. The number of nitrogens with zero attached hydrogens (tertiary/aromatic N) is 2. The summed E-state index contributed by atoms with van der Waals surface area (Å²) < 4.78 is 7.98. The van der Waals surface area contributed by atoms with E-state index in [9.17, 15) is 0 Å². The lowest BCUT2D eigenvalue weighted by molar-refractivity contribution is 0.288. The van der Waals surface area contributed by atoms with Crippen molar-refractivity contribution >= 4 is 10.9 Å². The molecule has 0 aliphatic heterocycles. The van der Waals surface area contributed by atoms with Gasteiger partial charge in [0, 0.05) is 29.7 Å². The Balaban J connectivity index is 2.09. The largest absolute Gasteiger partial charge is 0.497 e. The Hall–Kier alpha value is -2.26.